The first kappa shape index (κ1) is 15.3. The average Bonchev–Trinajstić information content (AvgIpc) is 2.39. The summed E-state index contributed by atoms with van der Waals surface area (Å²) in [7, 11) is 0. The summed E-state index contributed by atoms with van der Waals surface area (Å²) in [6.45, 7) is 4.40. The molecule has 1 fully saturated rings. The minimum atomic E-state index is 0.0241. The van der Waals surface area contributed by atoms with Crippen LogP contribution in [-0.4, -0.2) is 53.8 Å². The monoisotopic (exact) mass is 408 g/mol. The highest BCUT2D eigenvalue weighted by Gasteiger charge is 2.23. The van der Waals surface area contributed by atoms with Crippen LogP contribution < -0.4 is 0 Å². The summed E-state index contributed by atoms with van der Waals surface area (Å²) in [6.07, 6.45) is 0. The highest BCUT2D eigenvalue weighted by Crippen LogP contribution is 2.23. The van der Waals surface area contributed by atoms with Crippen molar-refractivity contribution in [2.45, 2.75) is 0 Å². The van der Waals surface area contributed by atoms with Gasteiger partial charge in [-0.15, -0.1) is 0 Å². The van der Waals surface area contributed by atoms with E-state index in [-0.39, 0.29) is 5.91 Å². The van der Waals surface area contributed by atoms with E-state index in [0.29, 0.717) is 10.6 Å². The predicted octanol–water partition coefficient (Wildman–Crippen LogP) is 3.26. The van der Waals surface area contributed by atoms with E-state index in [1.165, 1.54) is 0 Å². The lowest BCUT2D eigenvalue weighted by Crippen LogP contribution is -2.49. The topological polar surface area (TPSA) is 23.6 Å². The molecular weight excluding hydrogens is 395 g/mol. The molecule has 104 valence electrons. The molecule has 0 unspecified atom stereocenters. The third-order valence-electron chi connectivity index (χ3n) is 3.22. The van der Waals surface area contributed by atoms with Crippen molar-refractivity contribution < 1.29 is 4.79 Å². The normalized spacial score (nSPS) is 16.7. The molecule has 0 N–H and O–H groups in total. The number of amides is 1. The fourth-order valence-electron chi connectivity index (χ4n) is 2.13. The van der Waals surface area contributed by atoms with Crippen LogP contribution in [0.25, 0.3) is 0 Å². The van der Waals surface area contributed by atoms with Crippen LogP contribution in [0.15, 0.2) is 22.7 Å². The summed E-state index contributed by atoms with van der Waals surface area (Å²) >= 11 is 12.9. The number of piperazine rings is 1. The van der Waals surface area contributed by atoms with E-state index >= 15 is 0 Å². The minimum absolute atomic E-state index is 0.0241. The third-order valence-corrected chi connectivity index (χ3v) is 4.38. The molecule has 1 aromatic rings. The fraction of sp³-hybridized carbons (Fsp3) is 0.462. The van der Waals surface area contributed by atoms with E-state index in [9.17, 15) is 4.79 Å². The molecule has 2 rings (SSSR count). The van der Waals surface area contributed by atoms with Crippen LogP contribution in [0.2, 0.25) is 5.02 Å². The Kier molecular flexibility index (Phi) is 5.69. The number of halogens is 3. The Hall–Kier alpha value is -0.100. The molecule has 1 amide bonds. The maximum Gasteiger partial charge on any atom is 0.255 e. The Balaban J connectivity index is 2.01. The number of alkyl halides is 1. The molecule has 0 aromatic heterocycles. The number of rotatable bonds is 3. The van der Waals surface area contributed by atoms with Crippen LogP contribution in [0.3, 0.4) is 0 Å². The van der Waals surface area contributed by atoms with Gasteiger partial charge in [0.25, 0.3) is 5.91 Å². The Morgan fingerprint density at radius 3 is 2.53 bits per heavy atom. The van der Waals surface area contributed by atoms with Gasteiger partial charge >= 0.3 is 0 Å². The van der Waals surface area contributed by atoms with Crippen LogP contribution >= 0.6 is 43.5 Å². The molecule has 0 aliphatic carbocycles. The van der Waals surface area contributed by atoms with Crippen LogP contribution in [0, 0.1) is 0 Å². The molecule has 3 nitrogen and oxygen atoms in total. The highest BCUT2D eigenvalue weighted by molar-refractivity contribution is 9.10. The number of hydrogen-bond acceptors (Lipinski definition) is 2. The lowest BCUT2D eigenvalue weighted by molar-refractivity contribution is 0.0645. The second-order valence-electron chi connectivity index (χ2n) is 4.45. The van der Waals surface area contributed by atoms with E-state index in [0.717, 1.165) is 42.5 Å². The highest BCUT2D eigenvalue weighted by atomic mass is 79.9. The summed E-state index contributed by atoms with van der Waals surface area (Å²) in [4.78, 5) is 16.6. The van der Waals surface area contributed by atoms with Gasteiger partial charge in [-0.2, -0.15) is 0 Å². The van der Waals surface area contributed by atoms with Crippen molar-refractivity contribution in [3.8, 4) is 0 Å². The lowest BCUT2D eigenvalue weighted by Gasteiger charge is -2.34. The van der Waals surface area contributed by atoms with Gasteiger partial charge < -0.3 is 4.90 Å². The molecule has 19 heavy (non-hydrogen) atoms. The van der Waals surface area contributed by atoms with Crippen molar-refractivity contribution >= 4 is 49.4 Å². The van der Waals surface area contributed by atoms with Crippen molar-refractivity contribution in [2.24, 2.45) is 0 Å². The number of carbonyl (C=O) groups is 1. The van der Waals surface area contributed by atoms with E-state index < -0.39 is 0 Å². The molecule has 0 bridgehead atoms. The largest absolute Gasteiger partial charge is 0.336 e. The third kappa shape index (κ3) is 3.94. The predicted molar refractivity (Wildman–Crippen MR) is 85.3 cm³/mol. The molecule has 0 atom stereocenters. The van der Waals surface area contributed by atoms with Crippen molar-refractivity contribution in [3.63, 3.8) is 0 Å². The molecule has 6 heteroatoms. The summed E-state index contributed by atoms with van der Waals surface area (Å²) in [5, 5.41) is 1.47. The first-order chi connectivity index (χ1) is 9.11. The molecule has 0 saturated carbocycles. The van der Waals surface area contributed by atoms with Gasteiger partial charge in [-0.25, -0.2) is 0 Å². The average molecular weight is 411 g/mol. The molecule has 0 spiro atoms. The van der Waals surface area contributed by atoms with E-state index in [2.05, 4.69) is 36.8 Å². The Labute approximate surface area is 135 Å². The lowest BCUT2D eigenvalue weighted by atomic mass is 10.2. The summed E-state index contributed by atoms with van der Waals surface area (Å²) in [5.41, 5.74) is 0.582. The summed E-state index contributed by atoms with van der Waals surface area (Å²) in [5.74, 6) is 0.0241. The summed E-state index contributed by atoms with van der Waals surface area (Å²) < 4.78 is 0.885. The van der Waals surface area contributed by atoms with Gasteiger partial charge in [0.05, 0.1) is 10.6 Å². The number of benzene rings is 1. The van der Waals surface area contributed by atoms with Crippen molar-refractivity contribution in [1.82, 2.24) is 9.80 Å². The van der Waals surface area contributed by atoms with Gasteiger partial charge in [-0.1, -0.05) is 43.5 Å². The molecule has 1 aliphatic rings. The zero-order valence-corrected chi connectivity index (χ0v) is 14.3. The number of carbonyl (C=O) groups excluding carboxylic acids is 1. The Bertz CT molecular complexity index is 462. The van der Waals surface area contributed by atoms with Crippen molar-refractivity contribution in [3.05, 3.63) is 33.3 Å². The minimum Gasteiger partial charge on any atom is -0.336 e. The van der Waals surface area contributed by atoms with Gasteiger partial charge in [0, 0.05) is 42.5 Å². The Morgan fingerprint density at radius 1 is 1.26 bits per heavy atom. The molecule has 1 aliphatic heterocycles. The van der Waals surface area contributed by atoms with Gasteiger partial charge in [0.1, 0.15) is 0 Å². The standard InChI is InChI=1S/C13H15Br2ClN2O/c14-3-4-17-5-7-18(8-6-17)13(19)11-2-1-10(15)9-12(11)16/h1-2,9H,3-8H2. The maximum atomic E-state index is 12.4. The van der Waals surface area contributed by atoms with Crippen LogP contribution in [-0.2, 0) is 0 Å². The van der Waals surface area contributed by atoms with Gasteiger partial charge in [-0.05, 0) is 18.2 Å². The number of hydrogen-bond donors (Lipinski definition) is 0. The zero-order valence-electron chi connectivity index (χ0n) is 10.4. The second kappa shape index (κ2) is 7.07. The molecular formula is C13H15Br2ClN2O. The fourth-order valence-corrected chi connectivity index (χ4v) is 3.38. The molecule has 1 saturated heterocycles. The number of nitrogens with zero attached hydrogens (tertiary/aromatic N) is 2. The molecule has 1 aromatic carbocycles. The summed E-state index contributed by atoms with van der Waals surface area (Å²) in [6, 6.07) is 5.38. The molecule has 1 heterocycles. The van der Waals surface area contributed by atoms with Crippen LogP contribution in [0.4, 0.5) is 0 Å². The maximum absolute atomic E-state index is 12.4. The Morgan fingerprint density at radius 2 is 1.95 bits per heavy atom. The van der Waals surface area contributed by atoms with Gasteiger partial charge in [-0.3, -0.25) is 9.69 Å². The van der Waals surface area contributed by atoms with E-state index in [1.54, 1.807) is 12.1 Å². The van der Waals surface area contributed by atoms with Crippen molar-refractivity contribution in [1.29, 1.82) is 0 Å². The van der Waals surface area contributed by atoms with Gasteiger partial charge in [0.15, 0.2) is 0 Å². The van der Waals surface area contributed by atoms with E-state index in [4.69, 9.17) is 11.6 Å². The smallest absolute Gasteiger partial charge is 0.255 e. The first-order valence-electron chi connectivity index (χ1n) is 6.14. The zero-order chi connectivity index (χ0) is 13.8. The van der Waals surface area contributed by atoms with Crippen molar-refractivity contribution in [2.75, 3.05) is 38.1 Å². The van der Waals surface area contributed by atoms with E-state index in [1.807, 2.05) is 11.0 Å². The quantitative estimate of drug-likeness (QED) is 0.715. The second-order valence-corrected chi connectivity index (χ2v) is 6.56. The SMILES string of the molecule is O=C(c1ccc(Br)cc1Cl)N1CCN(CCBr)CC1. The van der Waals surface area contributed by atoms with Crippen LogP contribution in [0.5, 0.6) is 0 Å². The first-order valence-corrected chi connectivity index (χ1v) is 8.43. The van der Waals surface area contributed by atoms with Crippen LogP contribution in [0.1, 0.15) is 10.4 Å². The van der Waals surface area contributed by atoms with Gasteiger partial charge in [0.2, 0.25) is 0 Å². The molecule has 0 radical (unpaired) electrons.